The van der Waals surface area contributed by atoms with Gasteiger partial charge in [0.2, 0.25) is 0 Å². The fourth-order valence-electron chi connectivity index (χ4n) is 7.13. The Morgan fingerprint density at radius 2 is 1.73 bits per heavy atom. The SMILES string of the molecule is CCC1[C@@H]2[C@@H](C#C[C@@H](O[Si](C)(C)C(C)(C)C)C3CCCCC3)[C@H](O)CC[C@]2(C)C12OCCO2. The molecule has 188 valence electrons. The van der Waals surface area contributed by atoms with Gasteiger partial charge in [-0.15, -0.1) is 0 Å². The number of hydrogen-bond acceptors (Lipinski definition) is 4. The van der Waals surface area contributed by atoms with Gasteiger partial charge in [0, 0.05) is 11.3 Å². The number of hydrogen-bond donors (Lipinski definition) is 1. The Balaban J connectivity index is 1.62. The maximum atomic E-state index is 11.1. The summed E-state index contributed by atoms with van der Waals surface area (Å²) in [4.78, 5) is 0. The van der Waals surface area contributed by atoms with Crippen LogP contribution in [-0.2, 0) is 13.9 Å². The summed E-state index contributed by atoms with van der Waals surface area (Å²) < 4.78 is 19.5. The van der Waals surface area contributed by atoms with Crippen molar-refractivity contribution in [1.82, 2.24) is 0 Å². The number of fused-ring (bicyclic) bond motifs is 2. The first-order valence-corrected chi connectivity index (χ1v) is 16.5. The molecule has 0 bridgehead atoms. The Hall–Kier alpha value is -0.383. The van der Waals surface area contributed by atoms with E-state index in [0.29, 0.717) is 31.0 Å². The Bertz CT molecular complexity index is 750. The zero-order valence-electron chi connectivity index (χ0n) is 22.2. The highest BCUT2D eigenvalue weighted by molar-refractivity contribution is 6.74. The molecule has 1 unspecified atom stereocenters. The molecule has 4 fully saturated rings. The number of aliphatic hydroxyl groups excluding tert-OH is 1. The molecule has 0 aromatic heterocycles. The van der Waals surface area contributed by atoms with Crippen LogP contribution >= 0.6 is 0 Å². The molecule has 1 spiro atoms. The van der Waals surface area contributed by atoms with E-state index < -0.39 is 14.1 Å². The molecule has 3 aliphatic carbocycles. The summed E-state index contributed by atoms with van der Waals surface area (Å²) in [5, 5.41) is 11.3. The smallest absolute Gasteiger partial charge is 0.193 e. The molecule has 1 aliphatic heterocycles. The van der Waals surface area contributed by atoms with Gasteiger partial charge >= 0.3 is 0 Å². The highest BCUT2D eigenvalue weighted by atomic mass is 28.4. The average molecular weight is 477 g/mol. The van der Waals surface area contributed by atoms with E-state index in [4.69, 9.17) is 13.9 Å². The number of aliphatic hydroxyl groups is 1. The fraction of sp³-hybridized carbons (Fsp3) is 0.929. The summed E-state index contributed by atoms with van der Waals surface area (Å²) in [6.07, 6.45) is 8.65. The highest BCUT2D eigenvalue weighted by Crippen LogP contribution is 2.70. The number of ether oxygens (including phenoxy) is 2. The van der Waals surface area contributed by atoms with E-state index in [1.807, 2.05) is 0 Å². The van der Waals surface area contributed by atoms with Crippen molar-refractivity contribution in [3.8, 4) is 11.8 Å². The Labute approximate surface area is 203 Å². The minimum Gasteiger partial charge on any atom is -0.403 e. The molecule has 0 aromatic rings. The van der Waals surface area contributed by atoms with Crippen molar-refractivity contribution in [2.24, 2.45) is 29.1 Å². The van der Waals surface area contributed by atoms with E-state index in [0.717, 1.165) is 19.3 Å². The van der Waals surface area contributed by atoms with Gasteiger partial charge in [-0.05, 0) is 62.1 Å². The van der Waals surface area contributed by atoms with Gasteiger partial charge in [-0.2, -0.15) is 0 Å². The summed E-state index contributed by atoms with van der Waals surface area (Å²) in [6, 6.07) is 0. The topological polar surface area (TPSA) is 47.9 Å². The molecule has 0 amide bonds. The minimum absolute atomic E-state index is 0.0142. The molecule has 4 aliphatic rings. The molecular formula is C28H48O4Si. The van der Waals surface area contributed by atoms with Gasteiger partial charge in [0.05, 0.1) is 25.2 Å². The van der Waals surface area contributed by atoms with Gasteiger partial charge in [-0.25, -0.2) is 0 Å². The molecule has 0 aromatic carbocycles. The standard InChI is InChI=1S/C28H48O4Si/c1-8-22-25-21(23(29)16-17-27(25,5)28(22)30-18-19-31-28)14-15-24(20-12-10-9-11-13-20)32-33(6,7)26(2,3)4/h20-25,29H,8-13,16-19H2,1-7H3/t21-,22?,23+,24+,25-,27-/m0/s1. The average Bonchev–Trinajstić information content (AvgIpc) is 3.28. The quantitative estimate of drug-likeness (QED) is 0.391. The molecule has 6 atom stereocenters. The molecular weight excluding hydrogens is 428 g/mol. The first-order chi connectivity index (χ1) is 15.5. The van der Waals surface area contributed by atoms with Crippen LogP contribution in [0.15, 0.2) is 0 Å². The first-order valence-electron chi connectivity index (χ1n) is 13.6. The zero-order chi connectivity index (χ0) is 24.1. The van der Waals surface area contributed by atoms with Crippen molar-refractivity contribution in [2.75, 3.05) is 13.2 Å². The number of rotatable bonds is 4. The van der Waals surface area contributed by atoms with Gasteiger partial charge in [0.25, 0.3) is 0 Å². The van der Waals surface area contributed by atoms with Crippen LogP contribution in [0.25, 0.3) is 0 Å². The minimum atomic E-state index is -1.94. The molecule has 1 heterocycles. The third kappa shape index (κ3) is 4.27. The van der Waals surface area contributed by atoms with Crippen molar-refractivity contribution in [3.05, 3.63) is 0 Å². The first kappa shape index (κ1) is 25.7. The maximum Gasteiger partial charge on any atom is 0.193 e. The lowest BCUT2D eigenvalue weighted by Gasteiger charge is -2.68. The highest BCUT2D eigenvalue weighted by Gasteiger charge is 2.75. The van der Waals surface area contributed by atoms with E-state index in [1.54, 1.807) is 0 Å². The van der Waals surface area contributed by atoms with Gasteiger partial charge in [-0.3, -0.25) is 0 Å². The monoisotopic (exact) mass is 476 g/mol. The van der Waals surface area contributed by atoms with Crippen LogP contribution in [0.1, 0.15) is 86.0 Å². The van der Waals surface area contributed by atoms with E-state index >= 15 is 0 Å². The van der Waals surface area contributed by atoms with Crippen LogP contribution in [0.2, 0.25) is 18.1 Å². The Morgan fingerprint density at radius 3 is 2.30 bits per heavy atom. The second-order valence-corrected chi connectivity index (χ2v) is 17.7. The second-order valence-electron chi connectivity index (χ2n) is 12.9. The van der Waals surface area contributed by atoms with E-state index in [1.165, 1.54) is 32.1 Å². The molecule has 33 heavy (non-hydrogen) atoms. The van der Waals surface area contributed by atoms with Gasteiger partial charge in [0.1, 0.15) is 6.10 Å². The van der Waals surface area contributed by atoms with Crippen molar-refractivity contribution in [3.63, 3.8) is 0 Å². The summed E-state index contributed by atoms with van der Waals surface area (Å²) in [5.74, 6) is 7.96. The van der Waals surface area contributed by atoms with Gasteiger partial charge < -0.3 is 19.0 Å². The van der Waals surface area contributed by atoms with E-state index in [9.17, 15) is 5.11 Å². The summed E-state index contributed by atoms with van der Waals surface area (Å²) >= 11 is 0. The van der Waals surface area contributed by atoms with Crippen LogP contribution < -0.4 is 0 Å². The van der Waals surface area contributed by atoms with E-state index in [2.05, 4.69) is 59.6 Å². The predicted octanol–water partition coefficient (Wildman–Crippen LogP) is 6.14. The lowest BCUT2D eigenvalue weighted by Crippen LogP contribution is -2.74. The molecule has 1 N–H and O–H groups in total. The molecule has 4 rings (SSSR count). The predicted molar refractivity (Wildman–Crippen MR) is 135 cm³/mol. The Morgan fingerprint density at radius 1 is 1.09 bits per heavy atom. The van der Waals surface area contributed by atoms with E-state index in [-0.39, 0.29) is 28.6 Å². The van der Waals surface area contributed by atoms with Crippen molar-refractivity contribution in [2.45, 2.75) is 122 Å². The normalized spacial score (nSPS) is 37.7. The van der Waals surface area contributed by atoms with Gasteiger partial charge in [-0.1, -0.05) is 65.7 Å². The van der Waals surface area contributed by atoms with Crippen LogP contribution in [0, 0.1) is 40.9 Å². The summed E-state index contributed by atoms with van der Waals surface area (Å²) in [5.41, 5.74) is -0.0661. The van der Waals surface area contributed by atoms with Crippen molar-refractivity contribution >= 4 is 8.32 Å². The van der Waals surface area contributed by atoms with Crippen LogP contribution in [-0.4, -0.2) is 44.6 Å². The maximum absolute atomic E-state index is 11.1. The lowest BCUT2D eigenvalue weighted by molar-refractivity contribution is -0.384. The molecule has 5 heteroatoms. The van der Waals surface area contributed by atoms with Crippen molar-refractivity contribution < 1.29 is 19.0 Å². The Kier molecular flexibility index (Phi) is 7.20. The molecule has 1 saturated heterocycles. The van der Waals surface area contributed by atoms with Gasteiger partial charge in [0.15, 0.2) is 14.1 Å². The molecule has 3 saturated carbocycles. The molecule has 0 radical (unpaired) electrons. The van der Waals surface area contributed by atoms with Crippen molar-refractivity contribution in [1.29, 1.82) is 0 Å². The second kappa shape index (κ2) is 9.25. The lowest BCUT2D eigenvalue weighted by atomic mass is 9.41. The van der Waals surface area contributed by atoms with Crippen LogP contribution in [0.5, 0.6) is 0 Å². The summed E-state index contributed by atoms with van der Waals surface area (Å²) in [7, 11) is -1.94. The molecule has 4 nitrogen and oxygen atoms in total. The third-order valence-electron chi connectivity index (χ3n) is 10.1. The largest absolute Gasteiger partial charge is 0.403 e. The fourth-order valence-corrected chi connectivity index (χ4v) is 8.37. The van der Waals surface area contributed by atoms with Crippen LogP contribution in [0.3, 0.4) is 0 Å². The van der Waals surface area contributed by atoms with Crippen LogP contribution in [0.4, 0.5) is 0 Å². The summed E-state index contributed by atoms with van der Waals surface area (Å²) in [6.45, 7) is 17.5. The zero-order valence-corrected chi connectivity index (χ0v) is 23.2. The third-order valence-corrected chi connectivity index (χ3v) is 14.5.